The normalized spacial score (nSPS) is 14.4. The average molecular weight is 644 g/mol. The average Bonchev–Trinajstić information content (AvgIpc) is 2.90. The van der Waals surface area contributed by atoms with Crippen molar-refractivity contribution in [3.05, 3.63) is 58.3 Å². The van der Waals surface area contributed by atoms with Gasteiger partial charge in [-0.2, -0.15) is 0 Å². The number of para-hydroxylation sites is 1. The molecule has 0 fully saturated rings. The zero-order chi connectivity index (χ0) is 20.0. The highest BCUT2D eigenvalue weighted by Gasteiger charge is 2.44. The van der Waals surface area contributed by atoms with Crippen molar-refractivity contribution in [2.75, 3.05) is 5.32 Å². The van der Waals surface area contributed by atoms with Crippen molar-refractivity contribution in [2.45, 2.75) is 13.0 Å². The van der Waals surface area contributed by atoms with Gasteiger partial charge in [-0.15, -0.1) is 0 Å². The quantitative estimate of drug-likeness (QED) is 0.253. The fourth-order valence-electron chi connectivity index (χ4n) is 2.64. The van der Waals surface area contributed by atoms with E-state index in [0.29, 0.717) is 28.6 Å². The van der Waals surface area contributed by atoms with E-state index < -0.39 is 23.8 Å². The minimum atomic E-state index is -1.04. The van der Waals surface area contributed by atoms with E-state index in [1.165, 1.54) is 6.92 Å². The van der Waals surface area contributed by atoms with Crippen molar-refractivity contribution < 1.29 is 14.4 Å². The Morgan fingerprint density at radius 1 is 0.963 bits per heavy atom. The molecule has 27 heavy (non-hydrogen) atoms. The lowest BCUT2D eigenvalue weighted by molar-refractivity contribution is -0.119. The Labute approximate surface area is 193 Å². The topological polar surface area (TPSA) is 66.5 Å². The van der Waals surface area contributed by atoms with Crippen LogP contribution in [-0.4, -0.2) is 28.7 Å². The number of hydrogen-bond donors (Lipinski definition) is 1. The molecule has 0 aromatic heterocycles. The Morgan fingerprint density at radius 3 is 1.93 bits per heavy atom. The third-order valence-corrected chi connectivity index (χ3v) is 9.13. The Kier molecular flexibility index (Phi) is 6.17. The van der Waals surface area contributed by atoms with E-state index in [2.05, 4.69) is 69.0 Å². The fourth-order valence-corrected chi connectivity index (χ4v) is 5.28. The zero-order valence-corrected chi connectivity index (χ0v) is 20.5. The van der Waals surface area contributed by atoms with Gasteiger partial charge in [0.25, 0.3) is 11.8 Å². The summed E-state index contributed by atoms with van der Waals surface area (Å²) in [5.41, 5.74) is 0.791. The lowest BCUT2D eigenvalue weighted by atomic mass is 10.1. The van der Waals surface area contributed by atoms with Crippen LogP contribution in [0.4, 0.5) is 5.69 Å². The second-order valence-corrected chi connectivity index (χ2v) is 9.21. The smallest absolute Gasteiger partial charge is 0.263 e. The third-order valence-electron chi connectivity index (χ3n) is 4.03. The van der Waals surface area contributed by atoms with Gasteiger partial charge in [-0.3, -0.25) is 19.3 Å². The molecule has 10 heteroatoms. The van der Waals surface area contributed by atoms with Crippen molar-refractivity contribution >= 4 is 98.7 Å². The van der Waals surface area contributed by atoms with Crippen LogP contribution in [0.5, 0.6) is 0 Å². The van der Waals surface area contributed by atoms with Gasteiger partial charge in [0.15, 0.2) is 0 Å². The number of carbonyl (C=O) groups is 3. The first-order valence-corrected chi connectivity index (χ1v) is 11.0. The van der Waals surface area contributed by atoms with Gasteiger partial charge in [0.2, 0.25) is 5.91 Å². The molecule has 0 unspecified atom stereocenters. The molecular weight excluding hydrogens is 635 g/mol. The lowest BCUT2D eigenvalue weighted by Gasteiger charge is -2.22. The SMILES string of the molecule is C[C@@H](C(=O)Nc1ccccc1Cl)N1C(=O)c2c(Br)c(Br)c(Br)c(Br)c2C1=O. The van der Waals surface area contributed by atoms with E-state index in [9.17, 15) is 14.4 Å². The van der Waals surface area contributed by atoms with E-state index in [1.54, 1.807) is 24.3 Å². The summed E-state index contributed by atoms with van der Waals surface area (Å²) in [4.78, 5) is 39.4. The van der Waals surface area contributed by atoms with Gasteiger partial charge in [-0.1, -0.05) is 23.7 Å². The fraction of sp³-hybridized carbons (Fsp3) is 0.118. The van der Waals surface area contributed by atoms with Gasteiger partial charge in [0.05, 0.1) is 21.8 Å². The van der Waals surface area contributed by atoms with Crippen molar-refractivity contribution in [3.63, 3.8) is 0 Å². The van der Waals surface area contributed by atoms with Crippen LogP contribution in [0.3, 0.4) is 0 Å². The molecule has 0 saturated heterocycles. The second-order valence-electron chi connectivity index (χ2n) is 5.63. The maximum Gasteiger partial charge on any atom is 0.263 e. The Bertz CT molecular complexity index is 965. The molecule has 2 aromatic rings. The van der Waals surface area contributed by atoms with Crippen LogP contribution in [-0.2, 0) is 4.79 Å². The monoisotopic (exact) mass is 640 g/mol. The van der Waals surface area contributed by atoms with Gasteiger partial charge in [0, 0.05) is 17.9 Å². The van der Waals surface area contributed by atoms with Crippen molar-refractivity contribution in [1.82, 2.24) is 4.90 Å². The summed E-state index contributed by atoms with van der Waals surface area (Å²) in [6.45, 7) is 1.49. The summed E-state index contributed by atoms with van der Waals surface area (Å²) in [6.07, 6.45) is 0. The van der Waals surface area contributed by atoms with Crippen LogP contribution >= 0.6 is 75.3 Å². The number of halogens is 5. The molecule has 1 aliphatic rings. The Balaban J connectivity index is 1.96. The predicted molar refractivity (Wildman–Crippen MR) is 117 cm³/mol. The van der Waals surface area contributed by atoms with Gasteiger partial charge in [0.1, 0.15) is 6.04 Å². The van der Waals surface area contributed by atoms with Crippen LogP contribution in [0.2, 0.25) is 5.02 Å². The molecule has 0 bridgehead atoms. The molecule has 1 N–H and O–H groups in total. The molecule has 0 aliphatic carbocycles. The van der Waals surface area contributed by atoms with Gasteiger partial charge in [-0.05, 0) is 82.8 Å². The largest absolute Gasteiger partial charge is 0.323 e. The number of anilines is 1. The first-order valence-electron chi connectivity index (χ1n) is 7.46. The van der Waals surface area contributed by atoms with Gasteiger partial charge >= 0.3 is 0 Å². The van der Waals surface area contributed by atoms with Crippen LogP contribution in [0, 0.1) is 0 Å². The number of hydrogen-bond acceptors (Lipinski definition) is 3. The molecule has 1 aliphatic heterocycles. The number of benzene rings is 2. The number of amides is 3. The molecule has 5 nitrogen and oxygen atoms in total. The molecular formula is C17H9Br4ClN2O3. The third kappa shape index (κ3) is 3.53. The summed E-state index contributed by atoms with van der Waals surface area (Å²) in [5, 5.41) is 3.01. The summed E-state index contributed by atoms with van der Waals surface area (Å²) < 4.78 is 2.05. The molecule has 1 atom stereocenters. The molecule has 0 saturated carbocycles. The molecule has 3 amide bonds. The minimum Gasteiger partial charge on any atom is -0.323 e. The Hall–Kier alpha value is -0.740. The van der Waals surface area contributed by atoms with Crippen LogP contribution < -0.4 is 5.32 Å². The highest BCUT2D eigenvalue weighted by atomic mass is 79.9. The molecule has 0 radical (unpaired) electrons. The number of rotatable bonds is 3. The standard InChI is InChI=1S/C17H9Br4ClN2O3/c1-6(15(25)23-8-5-3-2-4-7(8)22)24-16(26)9-10(17(24)27)12(19)14(21)13(20)11(9)18/h2-6H,1H3,(H,23,25)/t6-/m0/s1. The molecule has 0 spiro atoms. The molecule has 140 valence electrons. The number of carbonyl (C=O) groups excluding carboxylic acids is 3. The first kappa shape index (κ1) is 21.0. The summed E-state index contributed by atoms with van der Waals surface area (Å²) in [6, 6.07) is 5.68. The molecule has 1 heterocycles. The minimum absolute atomic E-state index is 0.194. The predicted octanol–water partition coefficient (Wildman–Crippen LogP) is 6.01. The Morgan fingerprint density at radius 2 is 1.44 bits per heavy atom. The maximum absolute atomic E-state index is 12.9. The van der Waals surface area contributed by atoms with E-state index in [4.69, 9.17) is 11.6 Å². The van der Waals surface area contributed by atoms with Crippen LogP contribution in [0.25, 0.3) is 0 Å². The molecule has 3 rings (SSSR count). The zero-order valence-electron chi connectivity index (χ0n) is 13.4. The molecule has 2 aromatic carbocycles. The van der Waals surface area contributed by atoms with E-state index in [-0.39, 0.29) is 11.1 Å². The van der Waals surface area contributed by atoms with E-state index in [1.807, 2.05) is 0 Å². The van der Waals surface area contributed by atoms with Crippen molar-refractivity contribution in [2.24, 2.45) is 0 Å². The number of nitrogens with one attached hydrogen (secondary N) is 1. The van der Waals surface area contributed by atoms with Gasteiger partial charge < -0.3 is 5.32 Å². The maximum atomic E-state index is 12.9. The summed E-state index contributed by atoms with van der Waals surface area (Å²) in [7, 11) is 0. The van der Waals surface area contributed by atoms with E-state index in [0.717, 1.165) is 4.90 Å². The van der Waals surface area contributed by atoms with Crippen molar-refractivity contribution in [3.8, 4) is 0 Å². The highest BCUT2D eigenvalue weighted by Crippen LogP contribution is 2.45. The number of fused-ring (bicyclic) bond motifs is 1. The number of nitrogens with zero attached hydrogens (tertiary/aromatic N) is 1. The van der Waals surface area contributed by atoms with Crippen LogP contribution in [0.15, 0.2) is 42.2 Å². The summed E-state index contributed by atoms with van der Waals surface area (Å²) >= 11 is 19.5. The second kappa shape index (κ2) is 7.94. The highest BCUT2D eigenvalue weighted by molar-refractivity contribution is 9.15. The summed E-state index contributed by atoms with van der Waals surface area (Å²) in [5.74, 6) is -1.64. The van der Waals surface area contributed by atoms with Crippen LogP contribution in [0.1, 0.15) is 27.6 Å². The number of imide groups is 1. The lowest BCUT2D eigenvalue weighted by Crippen LogP contribution is -2.45. The van der Waals surface area contributed by atoms with Crippen molar-refractivity contribution in [1.29, 1.82) is 0 Å². The van der Waals surface area contributed by atoms with E-state index >= 15 is 0 Å². The first-order chi connectivity index (χ1) is 12.7. The van der Waals surface area contributed by atoms with Gasteiger partial charge in [-0.25, -0.2) is 0 Å².